The zero-order chi connectivity index (χ0) is 10.4. The van der Waals surface area contributed by atoms with Gasteiger partial charge in [-0.25, -0.2) is 0 Å². The lowest BCUT2D eigenvalue weighted by molar-refractivity contribution is 0.219. The molecule has 0 radical (unpaired) electrons. The van der Waals surface area contributed by atoms with Gasteiger partial charge in [0.1, 0.15) is 0 Å². The molecule has 84 valence electrons. The number of aliphatic hydroxyl groups excluding tert-OH is 1. The summed E-state index contributed by atoms with van der Waals surface area (Å²) in [4.78, 5) is 2.49. The van der Waals surface area contributed by atoms with Gasteiger partial charge in [-0.05, 0) is 51.7 Å². The number of nitrogens with two attached hydrogens (primary N) is 1. The number of nitrogens with zero attached hydrogens (tertiary/aromatic N) is 1. The van der Waals surface area contributed by atoms with E-state index in [0.717, 1.165) is 25.8 Å². The summed E-state index contributed by atoms with van der Waals surface area (Å²) in [6.45, 7) is 5.91. The number of hydrogen-bond acceptors (Lipinski definition) is 3. The van der Waals surface area contributed by atoms with E-state index in [0.29, 0.717) is 0 Å². The first kappa shape index (κ1) is 12.0. The van der Waals surface area contributed by atoms with E-state index in [1.165, 1.54) is 25.9 Å². The van der Waals surface area contributed by atoms with Crippen molar-refractivity contribution in [2.45, 2.75) is 44.6 Å². The Morgan fingerprint density at radius 2 is 2.14 bits per heavy atom. The molecule has 3 nitrogen and oxygen atoms in total. The SMILES string of the molecule is CCCN1CCCC(N)(CCO)CC1. The standard InChI is InChI=1S/C11H24N2O/c1-2-7-13-8-3-4-11(12,5-9-13)6-10-14/h14H,2-10,12H2,1H3. The molecule has 3 N–H and O–H groups in total. The Bertz CT molecular complexity index is 163. The van der Waals surface area contributed by atoms with Crippen LogP contribution in [0.1, 0.15) is 39.0 Å². The van der Waals surface area contributed by atoms with Gasteiger partial charge >= 0.3 is 0 Å². The molecular weight excluding hydrogens is 176 g/mol. The van der Waals surface area contributed by atoms with Crippen molar-refractivity contribution >= 4 is 0 Å². The molecule has 0 amide bonds. The lowest BCUT2D eigenvalue weighted by Gasteiger charge is -2.27. The molecule has 0 spiro atoms. The van der Waals surface area contributed by atoms with Crippen molar-refractivity contribution in [2.75, 3.05) is 26.2 Å². The molecule has 0 aromatic carbocycles. The predicted octanol–water partition coefficient (Wildman–Crippen LogP) is 0.962. The summed E-state index contributed by atoms with van der Waals surface area (Å²) in [6, 6.07) is 0. The van der Waals surface area contributed by atoms with Crippen LogP contribution in [0.25, 0.3) is 0 Å². The van der Waals surface area contributed by atoms with Gasteiger partial charge in [-0.1, -0.05) is 6.92 Å². The molecule has 14 heavy (non-hydrogen) atoms. The third kappa shape index (κ3) is 3.56. The minimum Gasteiger partial charge on any atom is -0.396 e. The van der Waals surface area contributed by atoms with Gasteiger partial charge in [0.05, 0.1) is 0 Å². The summed E-state index contributed by atoms with van der Waals surface area (Å²) >= 11 is 0. The van der Waals surface area contributed by atoms with E-state index in [1.54, 1.807) is 0 Å². The second-order valence-electron chi connectivity index (χ2n) is 4.53. The van der Waals surface area contributed by atoms with Gasteiger partial charge in [0, 0.05) is 12.1 Å². The lowest BCUT2D eigenvalue weighted by atomic mass is 9.89. The van der Waals surface area contributed by atoms with Gasteiger partial charge in [0.2, 0.25) is 0 Å². The number of aliphatic hydroxyl groups is 1. The summed E-state index contributed by atoms with van der Waals surface area (Å²) in [5, 5.41) is 8.95. The van der Waals surface area contributed by atoms with Crippen LogP contribution in [0.5, 0.6) is 0 Å². The van der Waals surface area contributed by atoms with Crippen molar-refractivity contribution in [1.29, 1.82) is 0 Å². The van der Waals surface area contributed by atoms with Crippen LogP contribution < -0.4 is 5.73 Å². The number of rotatable bonds is 4. The Morgan fingerprint density at radius 3 is 2.79 bits per heavy atom. The summed E-state index contributed by atoms with van der Waals surface area (Å²) < 4.78 is 0. The molecule has 1 heterocycles. The topological polar surface area (TPSA) is 49.5 Å². The van der Waals surface area contributed by atoms with Crippen LogP contribution >= 0.6 is 0 Å². The first-order valence-corrected chi connectivity index (χ1v) is 5.82. The van der Waals surface area contributed by atoms with E-state index in [2.05, 4.69) is 11.8 Å². The van der Waals surface area contributed by atoms with Crippen molar-refractivity contribution < 1.29 is 5.11 Å². The van der Waals surface area contributed by atoms with Crippen molar-refractivity contribution in [2.24, 2.45) is 5.73 Å². The lowest BCUT2D eigenvalue weighted by Crippen LogP contribution is -2.41. The molecule has 1 unspecified atom stereocenters. The molecule has 0 saturated carbocycles. The average Bonchev–Trinajstić information content (AvgIpc) is 2.30. The smallest absolute Gasteiger partial charge is 0.0448 e. The van der Waals surface area contributed by atoms with E-state index in [9.17, 15) is 0 Å². The Balaban J connectivity index is 2.39. The van der Waals surface area contributed by atoms with Crippen molar-refractivity contribution in [3.63, 3.8) is 0 Å². The molecule has 1 aliphatic rings. The third-order valence-corrected chi connectivity index (χ3v) is 3.22. The van der Waals surface area contributed by atoms with E-state index in [1.807, 2.05) is 0 Å². The molecule has 1 atom stereocenters. The van der Waals surface area contributed by atoms with Crippen LogP contribution in [-0.4, -0.2) is 41.8 Å². The molecule has 1 saturated heterocycles. The molecule has 0 bridgehead atoms. The van der Waals surface area contributed by atoms with Gasteiger partial charge in [0.25, 0.3) is 0 Å². The highest BCUT2D eigenvalue weighted by atomic mass is 16.3. The van der Waals surface area contributed by atoms with E-state index in [4.69, 9.17) is 10.8 Å². The highest BCUT2D eigenvalue weighted by Crippen LogP contribution is 2.22. The number of likely N-dealkylation sites (tertiary alicyclic amines) is 1. The van der Waals surface area contributed by atoms with E-state index < -0.39 is 0 Å². The van der Waals surface area contributed by atoms with E-state index >= 15 is 0 Å². The second kappa shape index (κ2) is 5.69. The minimum atomic E-state index is -0.1000. The fourth-order valence-electron chi connectivity index (χ4n) is 2.28. The molecule has 0 aromatic heterocycles. The van der Waals surface area contributed by atoms with Crippen LogP contribution in [-0.2, 0) is 0 Å². The van der Waals surface area contributed by atoms with Crippen LogP contribution in [0, 0.1) is 0 Å². The molecule has 0 aliphatic carbocycles. The summed E-state index contributed by atoms with van der Waals surface area (Å²) in [5.74, 6) is 0. The highest BCUT2D eigenvalue weighted by molar-refractivity contribution is 4.87. The quantitative estimate of drug-likeness (QED) is 0.711. The first-order valence-electron chi connectivity index (χ1n) is 5.82. The van der Waals surface area contributed by atoms with E-state index in [-0.39, 0.29) is 12.1 Å². The fourth-order valence-corrected chi connectivity index (χ4v) is 2.28. The molecular formula is C11H24N2O. The molecule has 0 aromatic rings. The Hall–Kier alpha value is -0.120. The summed E-state index contributed by atoms with van der Waals surface area (Å²) in [5.41, 5.74) is 6.14. The monoisotopic (exact) mass is 200 g/mol. The van der Waals surface area contributed by atoms with Crippen molar-refractivity contribution in [3.05, 3.63) is 0 Å². The zero-order valence-corrected chi connectivity index (χ0v) is 9.34. The van der Waals surface area contributed by atoms with Crippen molar-refractivity contribution in [3.8, 4) is 0 Å². The summed E-state index contributed by atoms with van der Waals surface area (Å²) in [6.07, 6.45) is 5.25. The fraction of sp³-hybridized carbons (Fsp3) is 1.00. The Morgan fingerprint density at radius 1 is 1.36 bits per heavy atom. The highest BCUT2D eigenvalue weighted by Gasteiger charge is 2.27. The zero-order valence-electron chi connectivity index (χ0n) is 9.34. The largest absolute Gasteiger partial charge is 0.396 e. The normalized spacial score (nSPS) is 30.2. The van der Waals surface area contributed by atoms with Crippen LogP contribution in [0.2, 0.25) is 0 Å². The number of hydrogen-bond donors (Lipinski definition) is 2. The van der Waals surface area contributed by atoms with Gasteiger partial charge in [-0.2, -0.15) is 0 Å². The maximum Gasteiger partial charge on any atom is 0.0448 e. The van der Waals surface area contributed by atoms with Crippen LogP contribution in [0.4, 0.5) is 0 Å². The minimum absolute atomic E-state index is 0.1000. The first-order chi connectivity index (χ1) is 6.70. The molecule has 1 aliphatic heterocycles. The van der Waals surface area contributed by atoms with Gasteiger partial charge in [-0.15, -0.1) is 0 Å². The molecule has 3 heteroatoms. The predicted molar refractivity (Wildman–Crippen MR) is 59.2 cm³/mol. The van der Waals surface area contributed by atoms with Crippen LogP contribution in [0.3, 0.4) is 0 Å². The maximum atomic E-state index is 8.95. The van der Waals surface area contributed by atoms with Gasteiger partial charge in [-0.3, -0.25) is 0 Å². The second-order valence-corrected chi connectivity index (χ2v) is 4.53. The Kier molecular flexibility index (Phi) is 4.85. The average molecular weight is 200 g/mol. The maximum absolute atomic E-state index is 8.95. The molecule has 1 rings (SSSR count). The molecule has 1 fully saturated rings. The summed E-state index contributed by atoms with van der Waals surface area (Å²) in [7, 11) is 0. The third-order valence-electron chi connectivity index (χ3n) is 3.22. The Labute approximate surface area is 87.3 Å². The van der Waals surface area contributed by atoms with Gasteiger partial charge in [0.15, 0.2) is 0 Å². The van der Waals surface area contributed by atoms with Gasteiger partial charge < -0.3 is 15.7 Å². The van der Waals surface area contributed by atoms with Crippen LogP contribution in [0.15, 0.2) is 0 Å². The van der Waals surface area contributed by atoms with Crippen molar-refractivity contribution in [1.82, 2.24) is 4.90 Å².